The van der Waals surface area contributed by atoms with E-state index in [4.69, 9.17) is 10.5 Å². The number of aliphatic carboxylic acids is 1. The molecule has 6 heteroatoms. The summed E-state index contributed by atoms with van der Waals surface area (Å²) in [7, 11) is 0. The molecule has 1 aliphatic heterocycles. The van der Waals surface area contributed by atoms with Crippen molar-refractivity contribution < 1.29 is 19.4 Å². The van der Waals surface area contributed by atoms with Crippen molar-refractivity contribution in [1.82, 2.24) is 5.32 Å². The average Bonchev–Trinajstić information content (AvgIpc) is 2.53. The Kier molecular flexibility index (Phi) is 5.58. The maximum atomic E-state index is 12.2. The summed E-state index contributed by atoms with van der Waals surface area (Å²) in [4.78, 5) is 23.8. The van der Waals surface area contributed by atoms with E-state index in [9.17, 15) is 14.7 Å². The highest BCUT2D eigenvalue weighted by molar-refractivity contribution is 5.80. The average molecular weight is 298 g/mol. The third kappa shape index (κ3) is 3.95. The molecular formula is C15H26N2O4. The first kappa shape index (κ1) is 16.2. The van der Waals surface area contributed by atoms with Crippen molar-refractivity contribution in [2.75, 3.05) is 26.3 Å². The number of carboxylic acids is 1. The minimum Gasteiger partial charge on any atom is -0.481 e. The van der Waals surface area contributed by atoms with Crippen LogP contribution >= 0.6 is 0 Å². The Balaban J connectivity index is 1.83. The van der Waals surface area contributed by atoms with Crippen LogP contribution in [0.3, 0.4) is 0 Å². The van der Waals surface area contributed by atoms with E-state index in [1.807, 2.05) is 0 Å². The van der Waals surface area contributed by atoms with Crippen molar-refractivity contribution in [2.45, 2.75) is 38.5 Å². The zero-order chi connectivity index (χ0) is 15.3. The van der Waals surface area contributed by atoms with Crippen LogP contribution in [0.25, 0.3) is 0 Å². The Morgan fingerprint density at radius 2 is 1.81 bits per heavy atom. The highest BCUT2D eigenvalue weighted by Gasteiger charge is 2.41. The second-order valence-corrected chi connectivity index (χ2v) is 6.37. The zero-order valence-electron chi connectivity index (χ0n) is 12.5. The number of rotatable bonds is 5. The van der Waals surface area contributed by atoms with E-state index in [-0.39, 0.29) is 18.4 Å². The first-order chi connectivity index (χ1) is 10.1. The summed E-state index contributed by atoms with van der Waals surface area (Å²) in [5.41, 5.74) is 4.80. The normalized spacial score (nSPS) is 28.8. The summed E-state index contributed by atoms with van der Waals surface area (Å²) in [5, 5.41) is 12.3. The third-order valence-corrected chi connectivity index (χ3v) is 5.06. The maximum absolute atomic E-state index is 12.2. The van der Waals surface area contributed by atoms with Gasteiger partial charge in [0.1, 0.15) is 0 Å². The SMILES string of the molecule is NCC1CCC(C(=O)NCC2(C(=O)O)CCOCC2)CC1. The molecule has 1 saturated carbocycles. The van der Waals surface area contributed by atoms with Gasteiger partial charge in [-0.05, 0) is 51.0 Å². The Bertz CT molecular complexity index is 372. The number of carbonyl (C=O) groups excluding carboxylic acids is 1. The van der Waals surface area contributed by atoms with Crippen LogP contribution in [0.1, 0.15) is 38.5 Å². The molecule has 0 atom stereocenters. The largest absolute Gasteiger partial charge is 0.481 e. The molecule has 1 aliphatic carbocycles. The summed E-state index contributed by atoms with van der Waals surface area (Å²) in [6.07, 6.45) is 4.62. The molecule has 0 aromatic rings. The van der Waals surface area contributed by atoms with Gasteiger partial charge in [0, 0.05) is 25.7 Å². The lowest BCUT2D eigenvalue weighted by molar-refractivity contribution is -0.154. The van der Waals surface area contributed by atoms with Gasteiger partial charge < -0.3 is 20.9 Å². The van der Waals surface area contributed by atoms with Crippen LogP contribution in [0.4, 0.5) is 0 Å². The van der Waals surface area contributed by atoms with Gasteiger partial charge in [-0.15, -0.1) is 0 Å². The van der Waals surface area contributed by atoms with E-state index in [1.54, 1.807) is 0 Å². The van der Waals surface area contributed by atoms with Crippen molar-refractivity contribution in [3.63, 3.8) is 0 Å². The van der Waals surface area contributed by atoms with Gasteiger partial charge in [0.25, 0.3) is 0 Å². The molecule has 0 aromatic carbocycles. The lowest BCUT2D eigenvalue weighted by atomic mass is 9.79. The number of nitrogens with two attached hydrogens (primary N) is 1. The molecule has 0 bridgehead atoms. The van der Waals surface area contributed by atoms with Crippen LogP contribution < -0.4 is 11.1 Å². The van der Waals surface area contributed by atoms with Gasteiger partial charge in [-0.3, -0.25) is 9.59 Å². The van der Waals surface area contributed by atoms with Crippen LogP contribution in [0, 0.1) is 17.3 Å². The summed E-state index contributed by atoms with van der Waals surface area (Å²) >= 11 is 0. The topological polar surface area (TPSA) is 102 Å². The molecule has 120 valence electrons. The van der Waals surface area contributed by atoms with Crippen molar-refractivity contribution in [2.24, 2.45) is 23.0 Å². The third-order valence-electron chi connectivity index (χ3n) is 5.06. The fourth-order valence-electron chi connectivity index (χ4n) is 3.29. The fraction of sp³-hybridized carbons (Fsp3) is 0.867. The van der Waals surface area contributed by atoms with E-state index < -0.39 is 11.4 Å². The van der Waals surface area contributed by atoms with Crippen molar-refractivity contribution >= 4 is 11.9 Å². The van der Waals surface area contributed by atoms with Crippen LogP contribution in [0.5, 0.6) is 0 Å². The first-order valence-corrected chi connectivity index (χ1v) is 7.86. The first-order valence-electron chi connectivity index (χ1n) is 7.86. The molecule has 0 unspecified atom stereocenters. The second kappa shape index (κ2) is 7.22. The van der Waals surface area contributed by atoms with Gasteiger partial charge in [0.15, 0.2) is 0 Å². The minimum absolute atomic E-state index is 0.00223. The maximum Gasteiger partial charge on any atom is 0.311 e. The lowest BCUT2D eigenvalue weighted by Gasteiger charge is -2.34. The van der Waals surface area contributed by atoms with Gasteiger partial charge in [0.2, 0.25) is 5.91 Å². The van der Waals surface area contributed by atoms with Crippen molar-refractivity contribution in [1.29, 1.82) is 0 Å². The monoisotopic (exact) mass is 298 g/mol. The number of ether oxygens (including phenoxy) is 1. The summed E-state index contributed by atoms with van der Waals surface area (Å²) in [6, 6.07) is 0. The smallest absolute Gasteiger partial charge is 0.311 e. The molecule has 0 radical (unpaired) electrons. The van der Waals surface area contributed by atoms with E-state index in [1.165, 1.54) is 0 Å². The second-order valence-electron chi connectivity index (χ2n) is 6.37. The molecule has 6 nitrogen and oxygen atoms in total. The molecule has 2 aliphatic rings. The highest BCUT2D eigenvalue weighted by atomic mass is 16.5. The molecule has 2 rings (SSSR count). The van der Waals surface area contributed by atoms with Crippen LogP contribution in [0.2, 0.25) is 0 Å². The van der Waals surface area contributed by atoms with Gasteiger partial charge >= 0.3 is 5.97 Å². The highest BCUT2D eigenvalue weighted by Crippen LogP contribution is 2.31. The Morgan fingerprint density at radius 3 is 2.33 bits per heavy atom. The van der Waals surface area contributed by atoms with Crippen molar-refractivity contribution in [3.05, 3.63) is 0 Å². The molecule has 1 amide bonds. The van der Waals surface area contributed by atoms with Crippen LogP contribution in [-0.4, -0.2) is 43.3 Å². The van der Waals surface area contributed by atoms with Gasteiger partial charge in [-0.25, -0.2) is 0 Å². The van der Waals surface area contributed by atoms with Crippen LogP contribution in [-0.2, 0) is 14.3 Å². The summed E-state index contributed by atoms with van der Waals surface area (Å²) < 4.78 is 5.23. The number of carbonyl (C=O) groups is 2. The standard InChI is InChI=1S/C15H26N2O4/c16-9-11-1-3-12(4-2-11)13(18)17-10-15(14(19)20)5-7-21-8-6-15/h11-12H,1-10,16H2,(H,17,18)(H,19,20). The fourth-order valence-corrected chi connectivity index (χ4v) is 3.29. The Labute approximate surface area is 125 Å². The molecule has 0 aromatic heterocycles. The molecule has 2 fully saturated rings. The van der Waals surface area contributed by atoms with Crippen molar-refractivity contribution in [3.8, 4) is 0 Å². The minimum atomic E-state index is -0.859. The van der Waals surface area contributed by atoms with E-state index in [0.29, 0.717) is 38.5 Å². The van der Waals surface area contributed by atoms with Gasteiger partial charge in [0.05, 0.1) is 5.41 Å². The summed E-state index contributed by atoms with van der Waals surface area (Å²) in [5.74, 6) is -0.288. The Morgan fingerprint density at radius 1 is 1.19 bits per heavy atom. The zero-order valence-corrected chi connectivity index (χ0v) is 12.5. The molecular weight excluding hydrogens is 272 g/mol. The number of amides is 1. The molecule has 1 heterocycles. The number of hydrogen-bond acceptors (Lipinski definition) is 4. The van der Waals surface area contributed by atoms with E-state index in [2.05, 4.69) is 5.32 Å². The predicted octanol–water partition coefficient (Wildman–Crippen LogP) is 0.749. The lowest BCUT2D eigenvalue weighted by Crippen LogP contribution is -2.48. The molecule has 21 heavy (non-hydrogen) atoms. The van der Waals surface area contributed by atoms with Gasteiger partial charge in [-0.2, -0.15) is 0 Å². The number of carboxylic acid groups (broad SMARTS) is 1. The number of hydrogen-bond donors (Lipinski definition) is 3. The van der Waals surface area contributed by atoms with E-state index in [0.717, 1.165) is 25.7 Å². The molecule has 1 saturated heterocycles. The van der Waals surface area contributed by atoms with Crippen LogP contribution in [0.15, 0.2) is 0 Å². The van der Waals surface area contributed by atoms with E-state index >= 15 is 0 Å². The summed E-state index contributed by atoms with van der Waals surface area (Å²) in [6.45, 7) is 1.80. The Hall–Kier alpha value is -1.14. The number of nitrogens with one attached hydrogen (secondary N) is 1. The molecule has 0 spiro atoms. The quantitative estimate of drug-likeness (QED) is 0.695. The molecule has 4 N–H and O–H groups in total. The predicted molar refractivity (Wildman–Crippen MR) is 77.6 cm³/mol. The van der Waals surface area contributed by atoms with Gasteiger partial charge in [-0.1, -0.05) is 0 Å².